The molecule has 142 valence electrons. The van der Waals surface area contributed by atoms with Crippen LogP contribution in [0.25, 0.3) is 10.9 Å². The van der Waals surface area contributed by atoms with Gasteiger partial charge in [0.15, 0.2) is 0 Å². The maximum absolute atomic E-state index is 13.2. The molecule has 3 aromatic rings. The smallest absolute Gasteiger partial charge is 0.243 e. The number of sulfonamides is 1. The van der Waals surface area contributed by atoms with Crippen LogP contribution in [-0.2, 0) is 10.0 Å². The zero-order chi connectivity index (χ0) is 19.0. The van der Waals surface area contributed by atoms with Crippen LogP contribution in [0, 0.1) is 6.92 Å². The number of aryl methyl sites for hydroxylation is 1. The van der Waals surface area contributed by atoms with E-state index in [0.717, 1.165) is 24.1 Å². The molecule has 5 nitrogen and oxygen atoms in total. The lowest BCUT2D eigenvalue weighted by Gasteiger charge is -2.32. The first-order chi connectivity index (χ1) is 13.0. The van der Waals surface area contributed by atoms with Crippen LogP contribution in [0.4, 0.5) is 0 Å². The summed E-state index contributed by atoms with van der Waals surface area (Å²) in [6, 6.07) is 15.4. The number of hydrogen-bond donors (Lipinski definition) is 1. The van der Waals surface area contributed by atoms with Crippen molar-refractivity contribution in [3.05, 3.63) is 59.8 Å². The van der Waals surface area contributed by atoms with E-state index < -0.39 is 10.0 Å². The van der Waals surface area contributed by atoms with E-state index in [4.69, 9.17) is 4.74 Å². The second-order valence-electron chi connectivity index (χ2n) is 7.15. The molecule has 0 bridgehead atoms. The number of methoxy groups -OCH3 is 1. The molecule has 0 amide bonds. The number of hydrogen-bond acceptors (Lipinski definition) is 3. The largest absolute Gasteiger partial charge is 0.497 e. The van der Waals surface area contributed by atoms with Crippen molar-refractivity contribution in [2.75, 3.05) is 20.2 Å². The Morgan fingerprint density at radius 3 is 2.70 bits per heavy atom. The molecule has 1 aliphatic rings. The number of nitrogens with zero attached hydrogens (tertiary/aromatic N) is 1. The van der Waals surface area contributed by atoms with Crippen molar-refractivity contribution in [3.8, 4) is 5.75 Å². The van der Waals surface area contributed by atoms with Crippen molar-refractivity contribution >= 4 is 20.9 Å². The predicted octanol–water partition coefficient (Wildman–Crippen LogP) is 4.05. The zero-order valence-electron chi connectivity index (χ0n) is 15.6. The van der Waals surface area contributed by atoms with Crippen molar-refractivity contribution in [2.45, 2.75) is 30.6 Å². The Labute approximate surface area is 160 Å². The number of aromatic amines is 1. The number of benzene rings is 2. The molecular formula is C21H24N2O3S. The summed E-state index contributed by atoms with van der Waals surface area (Å²) in [6.45, 7) is 2.87. The third kappa shape index (κ3) is 3.35. The molecule has 2 heterocycles. The summed E-state index contributed by atoms with van der Waals surface area (Å²) in [7, 11) is -1.94. The molecule has 1 N–H and O–H groups in total. The molecule has 0 aliphatic carbocycles. The monoisotopic (exact) mass is 384 g/mol. The lowest BCUT2D eigenvalue weighted by Crippen LogP contribution is -2.39. The van der Waals surface area contributed by atoms with Gasteiger partial charge in [-0.05, 0) is 61.0 Å². The first-order valence-electron chi connectivity index (χ1n) is 9.21. The van der Waals surface area contributed by atoms with Crippen LogP contribution in [0.5, 0.6) is 5.75 Å². The summed E-state index contributed by atoms with van der Waals surface area (Å²) >= 11 is 0. The van der Waals surface area contributed by atoms with E-state index in [2.05, 4.69) is 23.2 Å². The molecule has 4 rings (SSSR count). The Morgan fingerprint density at radius 1 is 1.15 bits per heavy atom. The van der Waals surface area contributed by atoms with Crippen molar-refractivity contribution in [1.29, 1.82) is 0 Å². The van der Waals surface area contributed by atoms with E-state index in [0.29, 0.717) is 29.3 Å². The number of piperidine rings is 1. The lowest BCUT2D eigenvalue weighted by atomic mass is 9.96. The van der Waals surface area contributed by atoms with Gasteiger partial charge in [-0.2, -0.15) is 4.31 Å². The van der Waals surface area contributed by atoms with Crippen LogP contribution in [0.2, 0.25) is 0 Å². The first-order valence-corrected chi connectivity index (χ1v) is 10.7. The van der Waals surface area contributed by atoms with Crippen molar-refractivity contribution in [1.82, 2.24) is 9.29 Å². The van der Waals surface area contributed by atoms with E-state index >= 15 is 0 Å². The van der Waals surface area contributed by atoms with Crippen molar-refractivity contribution in [2.24, 2.45) is 0 Å². The minimum absolute atomic E-state index is 0.180. The number of rotatable bonds is 4. The molecule has 0 saturated carbocycles. The third-order valence-corrected chi connectivity index (χ3v) is 7.40. The average Bonchev–Trinajstić information content (AvgIpc) is 3.12. The highest BCUT2D eigenvalue weighted by Gasteiger charge is 2.32. The predicted molar refractivity (Wildman–Crippen MR) is 107 cm³/mol. The number of fused-ring (bicyclic) bond motifs is 1. The molecule has 1 aliphatic heterocycles. The Kier molecular flexibility index (Phi) is 4.70. The molecule has 1 unspecified atom stereocenters. The fourth-order valence-corrected chi connectivity index (χ4v) is 5.64. The van der Waals surface area contributed by atoms with Gasteiger partial charge in [0.1, 0.15) is 5.75 Å². The maximum Gasteiger partial charge on any atom is 0.243 e. The second kappa shape index (κ2) is 7.02. The summed E-state index contributed by atoms with van der Waals surface area (Å²) in [5.41, 5.74) is 2.92. The molecule has 1 fully saturated rings. The molecule has 6 heteroatoms. The highest BCUT2D eigenvalue weighted by molar-refractivity contribution is 7.89. The van der Waals surface area contributed by atoms with Gasteiger partial charge >= 0.3 is 0 Å². The van der Waals surface area contributed by atoms with E-state index in [1.165, 1.54) is 5.39 Å². The summed E-state index contributed by atoms with van der Waals surface area (Å²) in [5, 5.41) is 1.17. The molecule has 1 saturated heterocycles. The highest BCUT2D eigenvalue weighted by atomic mass is 32.2. The molecule has 2 aromatic carbocycles. The highest BCUT2D eigenvalue weighted by Crippen LogP contribution is 2.32. The normalized spacial score (nSPS) is 18.7. The average molecular weight is 385 g/mol. The van der Waals surface area contributed by atoms with Gasteiger partial charge in [-0.15, -0.1) is 0 Å². The molecule has 27 heavy (non-hydrogen) atoms. The van der Waals surface area contributed by atoms with Crippen molar-refractivity contribution in [3.63, 3.8) is 0 Å². The van der Waals surface area contributed by atoms with Crippen molar-refractivity contribution < 1.29 is 13.2 Å². The Balaban J connectivity index is 1.62. The number of para-hydroxylation sites is 1. The standard InChI is InChI=1S/C21H24N2O3S/c1-15-12-18(26-2)9-10-21(15)27(24,25)23-11-5-7-17(14-23)20-13-16-6-3-4-8-19(16)22-20/h3-4,6,8-10,12-13,17,22H,5,7,11,14H2,1-2H3. The zero-order valence-corrected chi connectivity index (χ0v) is 16.4. The minimum atomic E-state index is -3.52. The lowest BCUT2D eigenvalue weighted by molar-refractivity contribution is 0.313. The van der Waals surface area contributed by atoms with Gasteiger partial charge in [0.05, 0.1) is 12.0 Å². The van der Waals surface area contributed by atoms with Gasteiger partial charge in [0, 0.05) is 30.2 Å². The molecule has 0 radical (unpaired) electrons. The van der Waals surface area contributed by atoms with E-state index in [-0.39, 0.29) is 5.92 Å². The van der Waals surface area contributed by atoms with Crippen LogP contribution in [0.3, 0.4) is 0 Å². The van der Waals surface area contributed by atoms with Crippen LogP contribution in [0.1, 0.15) is 30.0 Å². The Morgan fingerprint density at radius 2 is 1.96 bits per heavy atom. The molecule has 1 aromatic heterocycles. The summed E-state index contributed by atoms with van der Waals surface area (Å²) in [4.78, 5) is 3.83. The summed E-state index contributed by atoms with van der Waals surface area (Å²) in [5.74, 6) is 0.848. The van der Waals surface area contributed by atoms with Crippen LogP contribution in [0.15, 0.2) is 53.4 Å². The van der Waals surface area contributed by atoms with Crippen LogP contribution >= 0.6 is 0 Å². The van der Waals surface area contributed by atoms with E-state index in [1.807, 2.05) is 19.1 Å². The fraction of sp³-hybridized carbons (Fsp3) is 0.333. The summed E-state index contributed by atoms with van der Waals surface area (Å²) in [6.07, 6.45) is 1.84. The number of ether oxygens (including phenoxy) is 1. The van der Waals surface area contributed by atoms with Gasteiger partial charge in [0.2, 0.25) is 10.0 Å². The van der Waals surface area contributed by atoms with E-state index in [1.54, 1.807) is 29.6 Å². The third-order valence-electron chi connectivity index (χ3n) is 5.37. The van der Waals surface area contributed by atoms with Gasteiger partial charge in [0.25, 0.3) is 0 Å². The Bertz CT molecular complexity index is 1040. The molecular weight excluding hydrogens is 360 g/mol. The fourth-order valence-electron chi connectivity index (χ4n) is 3.91. The van der Waals surface area contributed by atoms with Gasteiger partial charge in [-0.3, -0.25) is 0 Å². The van der Waals surface area contributed by atoms with Crippen LogP contribution < -0.4 is 4.74 Å². The van der Waals surface area contributed by atoms with Gasteiger partial charge in [-0.1, -0.05) is 18.2 Å². The maximum atomic E-state index is 13.2. The Hall–Kier alpha value is -2.31. The molecule has 1 atom stereocenters. The number of aromatic nitrogens is 1. The molecule has 0 spiro atoms. The minimum Gasteiger partial charge on any atom is -0.497 e. The van der Waals surface area contributed by atoms with E-state index in [9.17, 15) is 8.42 Å². The quantitative estimate of drug-likeness (QED) is 0.738. The summed E-state index contributed by atoms with van der Waals surface area (Å²) < 4.78 is 33.3. The SMILES string of the molecule is COc1ccc(S(=O)(=O)N2CCCC(c3cc4ccccc4[nH]3)C2)c(C)c1. The number of H-pyrrole nitrogens is 1. The second-order valence-corrected chi connectivity index (χ2v) is 9.05. The van der Waals surface area contributed by atoms with Gasteiger partial charge in [-0.25, -0.2) is 8.42 Å². The van der Waals surface area contributed by atoms with Crippen LogP contribution in [-0.4, -0.2) is 37.9 Å². The number of nitrogens with one attached hydrogen (secondary N) is 1. The van der Waals surface area contributed by atoms with Gasteiger partial charge < -0.3 is 9.72 Å². The topological polar surface area (TPSA) is 62.4 Å². The first kappa shape index (κ1) is 18.1.